The van der Waals surface area contributed by atoms with Gasteiger partial charge in [-0.3, -0.25) is 0 Å². The molecule has 1 unspecified atom stereocenters. The second-order valence-electron chi connectivity index (χ2n) is 5.03. The Morgan fingerprint density at radius 2 is 1.20 bits per heavy atom. The third-order valence-electron chi connectivity index (χ3n) is 3.10. The fourth-order valence-electron chi connectivity index (χ4n) is 1.94. The van der Waals surface area contributed by atoms with Gasteiger partial charge in [-0.2, -0.15) is 0 Å². The Morgan fingerprint density at radius 3 is 1.80 bits per heavy atom. The van der Waals surface area contributed by atoms with Crippen LogP contribution in [0.1, 0.15) is 65.2 Å². The van der Waals surface area contributed by atoms with Gasteiger partial charge in [0.25, 0.3) is 0 Å². The minimum atomic E-state index is -2.03. The summed E-state index contributed by atoms with van der Waals surface area (Å²) in [6.07, 6.45) is 11.1. The molecule has 0 nitrogen and oxygen atoms in total. The van der Waals surface area contributed by atoms with Gasteiger partial charge in [0.05, 0.1) is 0 Å². The summed E-state index contributed by atoms with van der Waals surface area (Å²) >= 11 is -2.03. The Hall–Kier alpha value is 1.09. The molecule has 0 aliphatic heterocycles. The number of hydrogen-bond donors (Lipinski definition) is 0. The number of halogens is 1. The molecule has 0 bridgehead atoms. The number of hydrogen-bond acceptors (Lipinski definition) is 0. The van der Waals surface area contributed by atoms with Crippen molar-refractivity contribution in [3.05, 3.63) is 0 Å². The summed E-state index contributed by atoms with van der Waals surface area (Å²) in [5.41, 5.74) is 0. The summed E-state index contributed by atoms with van der Waals surface area (Å²) in [5.74, 6) is 0. The van der Waals surface area contributed by atoms with Crippen molar-refractivity contribution in [1.82, 2.24) is 0 Å². The summed E-state index contributed by atoms with van der Waals surface area (Å²) in [6, 6.07) is 0. The summed E-state index contributed by atoms with van der Waals surface area (Å²) in [5, 5.41) is 0. The first-order valence-corrected chi connectivity index (χ1v) is 17.3. The molecular weight excluding hydrogens is 310 g/mol. The fraction of sp³-hybridized carbons (Fsp3) is 1.00. The average molecular weight is 340 g/mol. The zero-order chi connectivity index (χ0) is 11.6. The molecule has 0 rings (SSSR count). The van der Waals surface area contributed by atoms with Crippen LogP contribution in [0.25, 0.3) is 0 Å². The van der Waals surface area contributed by atoms with E-state index in [1.807, 2.05) is 0 Å². The van der Waals surface area contributed by atoms with E-state index >= 15 is 0 Å². The molecule has 0 spiro atoms. The summed E-state index contributed by atoms with van der Waals surface area (Å²) < 4.78 is 2.80. The average Bonchev–Trinajstić information content (AvgIpc) is 2.20. The maximum atomic E-state index is 6.67. The van der Waals surface area contributed by atoms with Gasteiger partial charge >= 0.3 is 105 Å². The van der Waals surface area contributed by atoms with Gasteiger partial charge in [-0.15, -0.1) is 0 Å². The van der Waals surface area contributed by atoms with Crippen LogP contribution in [0.5, 0.6) is 0 Å². The summed E-state index contributed by atoms with van der Waals surface area (Å²) in [4.78, 5) is 2.41. The Labute approximate surface area is 105 Å². The minimum absolute atomic E-state index is 1.32. The van der Waals surface area contributed by atoms with E-state index in [1.165, 1.54) is 60.2 Å². The first-order chi connectivity index (χ1) is 7.12. The van der Waals surface area contributed by atoms with E-state index in [9.17, 15) is 0 Å². The van der Waals surface area contributed by atoms with Crippen LogP contribution in [0.2, 0.25) is 13.8 Å². The van der Waals surface area contributed by atoms with Crippen LogP contribution in [0.4, 0.5) is 0 Å². The predicted molar refractivity (Wildman–Crippen MR) is 75.4 cm³/mol. The number of rotatable bonds is 10. The monoisotopic (exact) mass is 340 g/mol. The maximum absolute atomic E-state index is 6.67. The van der Waals surface area contributed by atoms with Gasteiger partial charge in [-0.1, -0.05) is 0 Å². The number of unbranched alkanes of at least 4 members (excludes halogenated alkanes) is 6. The van der Waals surface area contributed by atoms with Crippen molar-refractivity contribution >= 4 is 26.2 Å². The first-order valence-electron chi connectivity index (χ1n) is 6.81. The van der Waals surface area contributed by atoms with Crippen LogP contribution in [0.15, 0.2) is 0 Å². The van der Waals surface area contributed by atoms with Crippen LogP contribution >= 0.6 is 8.92 Å². The van der Waals surface area contributed by atoms with Crippen LogP contribution < -0.4 is 0 Å². The molecular formula is C13H29ClSn. The quantitative estimate of drug-likeness (QED) is 0.340. The molecule has 0 saturated carbocycles. The van der Waals surface area contributed by atoms with Gasteiger partial charge in [-0.25, -0.2) is 0 Å². The van der Waals surface area contributed by atoms with Gasteiger partial charge in [0.2, 0.25) is 0 Å². The van der Waals surface area contributed by atoms with Crippen molar-refractivity contribution in [2.24, 2.45) is 0 Å². The standard InChI is InChI=1S/C8H17.C4H9.CH3.ClH.Sn/c1-3-5-7-8-6-4-2;1-3-4-2;;;/h1,3-8H2,2H3;1,3-4H2,2H3;1H3;1H;/q;;;;+1/p-1. The molecule has 0 saturated heterocycles. The Kier molecular flexibility index (Phi) is 11.0. The van der Waals surface area contributed by atoms with Crippen molar-refractivity contribution < 1.29 is 0 Å². The summed E-state index contributed by atoms with van der Waals surface area (Å²) in [7, 11) is 6.67. The molecule has 0 aliphatic rings. The molecule has 92 valence electrons. The molecule has 2 heteroatoms. The SMILES string of the molecule is CCCCCCC[CH2][Sn]([CH3])([Cl])[CH2]CCC. The molecule has 15 heavy (non-hydrogen) atoms. The van der Waals surface area contributed by atoms with Crippen LogP contribution in [0, 0.1) is 0 Å². The summed E-state index contributed by atoms with van der Waals surface area (Å²) in [6.45, 7) is 4.54. The van der Waals surface area contributed by atoms with Crippen LogP contribution in [-0.4, -0.2) is 17.3 Å². The second-order valence-corrected chi connectivity index (χ2v) is 22.1. The van der Waals surface area contributed by atoms with Gasteiger partial charge in [0, 0.05) is 0 Å². The zero-order valence-corrected chi connectivity index (χ0v) is 14.6. The van der Waals surface area contributed by atoms with E-state index in [1.54, 1.807) is 0 Å². The molecule has 0 aromatic rings. The van der Waals surface area contributed by atoms with E-state index in [0.29, 0.717) is 0 Å². The van der Waals surface area contributed by atoms with Crippen LogP contribution in [0.3, 0.4) is 0 Å². The fourth-order valence-corrected chi connectivity index (χ4v) is 10.4. The molecule has 0 heterocycles. The predicted octanol–water partition coefficient (Wildman–Crippen LogP) is 5.96. The molecule has 0 N–H and O–H groups in total. The van der Waals surface area contributed by atoms with Crippen molar-refractivity contribution in [3.63, 3.8) is 0 Å². The van der Waals surface area contributed by atoms with Crippen LogP contribution in [-0.2, 0) is 0 Å². The van der Waals surface area contributed by atoms with E-state index in [0.717, 1.165) is 0 Å². The Morgan fingerprint density at radius 1 is 0.733 bits per heavy atom. The molecule has 1 atom stereocenters. The van der Waals surface area contributed by atoms with Gasteiger partial charge in [0.1, 0.15) is 0 Å². The van der Waals surface area contributed by atoms with E-state index < -0.39 is 17.3 Å². The van der Waals surface area contributed by atoms with E-state index in [2.05, 4.69) is 18.8 Å². The third-order valence-corrected chi connectivity index (χ3v) is 13.6. The topological polar surface area (TPSA) is 0 Å². The molecule has 0 aromatic carbocycles. The van der Waals surface area contributed by atoms with Gasteiger partial charge in [-0.05, 0) is 0 Å². The molecule has 0 radical (unpaired) electrons. The molecule has 0 aliphatic carbocycles. The van der Waals surface area contributed by atoms with E-state index in [4.69, 9.17) is 8.92 Å². The normalized spacial score (nSPS) is 15.2. The first kappa shape index (κ1) is 16.1. The van der Waals surface area contributed by atoms with Crippen molar-refractivity contribution in [2.45, 2.75) is 79.0 Å². The van der Waals surface area contributed by atoms with E-state index in [-0.39, 0.29) is 0 Å². The second kappa shape index (κ2) is 10.3. The Bertz CT molecular complexity index is 134. The van der Waals surface area contributed by atoms with Gasteiger partial charge < -0.3 is 0 Å². The molecule has 0 aromatic heterocycles. The molecule has 0 fully saturated rings. The third kappa shape index (κ3) is 11.4. The van der Waals surface area contributed by atoms with Crippen molar-refractivity contribution in [3.8, 4) is 0 Å². The van der Waals surface area contributed by atoms with Crippen molar-refractivity contribution in [1.29, 1.82) is 0 Å². The zero-order valence-electron chi connectivity index (χ0n) is 10.9. The molecule has 0 amide bonds. The van der Waals surface area contributed by atoms with Gasteiger partial charge in [0.15, 0.2) is 0 Å². The van der Waals surface area contributed by atoms with Crippen molar-refractivity contribution in [2.75, 3.05) is 0 Å². The Balaban J connectivity index is 3.32.